The minimum atomic E-state index is -1.03. The van der Waals surface area contributed by atoms with Crippen molar-refractivity contribution < 1.29 is 19.5 Å². The lowest BCUT2D eigenvalue weighted by Crippen LogP contribution is -2.42. The van der Waals surface area contributed by atoms with Gasteiger partial charge in [0.25, 0.3) is 5.91 Å². The zero-order valence-electron chi connectivity index (χ0n) is 23.7. The Hall–Kier alpha value is -2.80. The van der Waals surface area contributed by atoms with Crippen LogP contribution in [0.2, 0.25) is 0 Å². The minimum absolute atomic E-state index is 0.215. The number of carboxylic acids is 1. The quantitative estimate of drug-likeness (QED) is 0.280. The van der Waals surface area contributed by atoms with Crippen molar-refractivity contribution in [2.75, 3.05) is 18.6 Å². The first-order chi connectivity index (χ1) is 18.8. The van der Waals surface area contributed by atoms with Gasteiger partial charge in [0.05, 0.1) is 0 Å². The van der Waals surface area contributed by atoms with Crippen molar-refractivity contribution in [2.45, 2.75) is 90.1 Å². The van der Waals surface area contributed by atoms with E-state index in [4.69, 9.17) is 0 Å². The van der Waals surface area contributed by atoms with Gasteiger partial charge >= 0.3 is 5.97 Å². The van der Waals surface area contributed by atoms with E-state index in [9.17, 15) is 19.5 Å². The molecule has 212 valence electrons. The summed E-state index contributed by atoms with van der Waals surface area (Å²) in [6.07, 6.45) is 11.3. The topological polar surface area (TPSA) is 86.7 Å². The number of benzene rings is 2. The van der Waals surface area contributed by atoms with E-state index in [1.165, 1.54) is 19.3 Å². The number of aliphatic carboxylic acids is 1. The fraction of sp³-hybridized carbons (Fsp3) is 0.531. The SMILES string of the molecule is CCCCN(C(=O)CCc1ccc(C(=O)N[C@@H](CCSC)C(=O)O)c(-c2ccccc2C)c1)C1CCCCC1. The molecule has 2 N–H and O–H groups in total. The number of carboxylic acid groups (broad SMARTS) is 1. The number of hydrogen-bond donors (Lipinski definition) is 2. The Bertz CT molecular complexity index is 1110. The number of thioether (sulfide) groups is 1. The normalized spacial score (nSPS) is 14.5. The lowest BCUT2D eigenvalue weighted by Gasteiger charge is -2.34. The number of rotatable bonds is 14. The van der Waals surface area contributed by atoms with Crippen LogP contribution in [-0.2, 0) is 16.0 Å². The highest BCUT2D eigenvalue weighted by Gasteiger charge is 2.26. The molecule has 2 amide bonds. The van der Waals surface area contributed by atoms with Crippen LogP contribution in [0.1, 0.15) is 86.2 Å². The zero-order valence-corrected chi connectivity index (χ0v) is 24.5. The first kappa shape index (κ1) is 30.7. The molecule has 0 aliphatic heterocycles. The Morgan fingerprint density at radius 2 is 1.82 bits per heavy atom. The van der Waals surface area contributed by atoms with Crippen molar-refractivity contribution in [3.63, 3.8) is 0 Å². The van der Waals surface area contributed by atoms with Gasteiger partial charge in [0.15, 0.2) is 0 Å². The number of aryl methyl sites for hydroxylation is 2. The minimum Gasteiger partial charge on any atom is -0.480 e. The molecule has 3 rings (SSSR count). The summed E-state index contributed by atoms with van der Waals surface area (Å²) in [5.41, 5.74) is 4.16. The smallest absolute Gasteiger partial charge is 0.326 e. The summed E-state index contributed by atoms with van der Waals surface area (Å²) in [6.45, 7) is 4.99. The van der Waals surface area contributed by atoms with E-state index in [2.05, 4.69) is 17.1 Å². The van der Waals surface area contributed by atoms with E-state index < -0.39 is 17.9 Å². The van der Waals surface area contributed by atoms with Gasteiger partial charge in [-0.1, -0.05) is 69.0 Å². The number of amides is 2. The van der Waals surface area contributed by atoms with Crippen LogP contribution >= 0.6 is 11.8 Å². The summed E-state index contributed by atoms with van der Waals surface area (Å²) in [6, 6.07) is 13.0. The van der Waals surface area contributed by atoms with Crippen molar-refractivity contribution >= 4 is 29.5 Å². The lowest BCUT2D eigenvalue weighted by atomic mass is 9.92. The highest BCUT2D eigenvalue weighted by molar-refractivity contribution is 7.98. The molecule has 0 aromatic heterocycles. The zero-order chi connectivity index (χ0) is 28.2. The Labute approximate surface area is 237 Å². The molecule has 7 heteroatoms. The van der Waals surface area contributed by atoms with Crippen LogP contribution in [0.25, 0.3) is 11.1 Å². The van der Waals surface area contributed by atoms with Gasteiger partial charge < -0.3 is 15.3 Å². The molecule has 0 radical (unpaired) electrons. The molecule has 6 nitrogen and oxygen atoms in total. The maximum Gasteiger partial charge on any atom is 0.326 e. The maximum absolute atomic E-state index is 13.4. The highest BCUT2D eigenvalue weighted by atomic mass is 32.2. The molecule has 2 aromatic carbocycles. The molecule has 0 bridgehead atoms. The Kier molecular flexibility index (Phi) is 12.4. The number of nitrogens with one attached hydrogen (secondary N) is 1. The van der Waals surface area contributed by atoms with Gasteiger partial charge in [-0.2, -0.15) is 11.8 Å². The summed E-state index contributed by atoms with van der Waals surface area (Å²) in [4.78, 5) is 40.6. The van der Waals surface area contributed by atoms with Crippen LogP contribution in [0.4, 0.5) is 0 Å². The molecule has 0 heterocycles. The van der Waals surface area contributed by atoms with Crippen LogP contribution < -0.4 is 5.32 Å². The highest BCUT2D eigenvalue weighted by Crippen LogP contribution is 2.29. The average Bonchev–Trinajstić information content (AvgIpc) is 2.94. The largest absolute Gasteiger partial charge is 0.480 e. The van der Waals surface area contributed by atoms with Crippen molar-refractivity contribution in [3.05, 3.63) is 59.2 Å². The molecule has 1 atom stereocenters. The van der Waals surface area contributed by atoms with Crippen LogP contribution in [0.3, 0.4) is 0 Å². The Morgan fingerprint density at radius 1 is 1.08 bits per heavy atom. The number of carbonyl (C=O) groups excluding carboxylic acids is 2. The monoisotopic (exact) mass is 552 g/mol. The summed E-state index contributed by atoms with van der Waals surface area (Å²) in [5, 5.41) is 12.4. The number of hydrogen-bond acceptors (Lipinski definition) is 4. The van der Waals surface area contributed by atoms with Gasteiger partial charge in [0.2, 0.25) is 5.91 Å². The second kappa shape index (κ2) is 15.7. The van der Waals surface area contributed by atoms with Crippen LogP contribution in [0.15, 0.2) is 42.5 Å². The van der Waals surface area contributed by atoms with Crippen molar-refractivity contribution in [2.24, 2.45) is 0 Å². The molecule has 1 aliphatic rings. The molecule has 0 spiro atoms. The van der Waals surface area contributed by atoms with E-state index in [1.54, 1.807) is 17.8 Å². The second-order valence-electron chi connectivity index (χ2n) is 10.6. The molecular formula is C32H44N2O4S. The summed E-state index contributed by atoms with van der Waals surface area (Å²) in [5.74, 6) is -0.568. The molecule has 1 fully saturated rings. The first-order valence-corrected chi connectivity index (χ1v) is 15.8. The van der Waals surface area contributed by atoms with Crippen molar-refractivity contribution in [1.29, 1.82) is 0 Å². The second-order valence-corrected chi connectivity index (χ2v) is 11.6. The molecule has 39 heavy (non-hydrogen) atoms. The number of nitrogens with zero attached hydrogens (tertiary/aromatic N) is 1. The van der Waals surface area contributed by atoms with E-state index in [-0.39, 0.29) is 5.91 Å². The van der Waals surface area contributed by atoms with Crippen LogP contribution in [-0.4, -0.2) is 58.4 Å². The van der Waals surface area contributed by atoms with Crippen LogP contribution in [0, 0.1) is 6.92 Å². The van der Waals surface area contributed by atoms with Gasteiger partial charge in [0.1, 0.15) is 6.04 Å². The summed E-state index contributed by atoms with van der Waals surface area (Å²) in [7, 11) is 0. The lowest BCUT2D eigenvalue weighted by molar-refractivity contribution is -0.139. The Morgan fingerprint density at radius 3 is 2.49 bits per heavy atom. The van der Waals surface area contributed by atoms with Gasteiger partial charge in [0, 0.05) is 24.6 Å². The average molecular weight is 553 g/mol. The Balaban J connectivity index is 1.83. The molecule has 1 saturated carbocycles. The molecule has 0 saturated heterocycles. The number of unbranched alkanes of at least 4 members (excludes halogenated alkanes) is 1. The summed E-state index contributed by atoms with van der Waals surface area (Å²) >= 11 is 1.55. The molecule has 0 unspecified atom stereocenters. The van der Waals surface area contributed by atoms with E-state index in [1.807, 2.05) is 49.6 Å². The predicted octanol–water partition coefficient (Wildman–Crippen LogP) is 6.49. The van der Waals surface area contributed by atoms with Gasteiger partial charge in [-0.25, -0.2) is 4.79 Å². The van der Waals surface area contributed by atoms with Gasteiger partial charge in [-0.05, 0) is 79.4 Å². The fourth-order valence-corrected chi connectivity index (χ4v) is 5.87. The van der Waals surface area contributed by atoms with E-state index in [0.29, 0.717) is 36.6 Å². The van der Waals surface area contributed by atoms with E-state index >= 15 is 0 Å². The van der Waals surface area contributed by atoms with Crippen molar-refractivity contribution in [1.82, 2.24) is 10.2 Å². The summed E-state index contributed by atoms with van der Waals surface area (Å²) < 4.78 is 0. The van der Waals surface area contributed by atoms with Gasteiger partial charge in [-0.15, -0.1) is 0 Å². The predicted molar refractivity (Wildman–Crippen MR) is 160 cm³/mol. The molecule has 1 aliphatic carbocycles. The third kappa shape index (κ3) is 8.85. The fourth-order valence-electron chi connectivity index (χ4n) is 5.40. The van der Waals surface area contributed by atoms with Gasteiger partial charge in [-0.3, -0.25) is 9.59 Å². The number of carbonyl (C=O) groups is 3. The molecular weight excluding hydrogens is 508 g/mol. The first-order valence-electron chi connectivity index (χ1n) is 14.4. The standard InChI is InChI=1S/C32H44N2O4S/c1-4-5-20-34(25-12-7-6-8-13-25)30(35)18-16-24-15-17-27(28(22-24)26-14-10-9-11-23(26)2)31(36)33-29(32(37)38)19-21-39-3/h9-11,14-15,17,22,25,29H,4-8,12-13,16,18-21H2,1-3H3,(H,33,36)(H,37,38)/t29-/m0/s1. The van der Waals surface area contributed by atoms with E-state index in [0.717, 1.165) is 54.5 Å². The maximum atomic E-state index is 13.4. The van der Waals surface area contributed by atoms with Crippen molar-refractivity contribution in [3.8, 4) is 11.1 Å². The third-order valence-corrected chi connectivity index (χ3v) is 8.34. The molecule has 2 aromatic rings. The third-order valence-electron chi connectivity index (χ3n) is 7.69. The van der Waals surface area contributed by atoms with Crippen LogP contribution in [0.5, 0.6) is 0 Å².